The number of carbonyl (C=O) groups is 1. The lowest BCUT2D eigenvalue weighted by Gasteiger charge is -2.15. The van der Waals surface area contributed by atoms with Gasteiger partial charge in [0.15, 0.2) is 6.61 Å². The second-order valence-corrected chi connectivity index (χ2v) is 5.12. The third kappa shape index (κ3) is 5.25. The van der Waals surface area contributed by atoms with E-state index in [9.17, 15) is 4.79 Å². The van der Waals surface area contributed by atoms with E-state index in [1.807, 2.05) is 6.92 Å². The fourth-order valence-electron chi connectivity index (χ4n) is 1.60. The van der Waals surface area contributed by atoms with E-state index in [4.69, 9.17) is 38.9 Å². The number of nitrogens with one attached hydrogen (secondary N) is 1. The molecule has 0 aliphatic heterocycles. The Hall–Kier alpha value is -1.48. The zero-order valence-electron chi connectivity index (χ0n) is 11.0. The van der Waals surface area contributed by atoms with Crippen LogP contribution in [0.4, 0.5) is 0 Å². The minimum Gasteiger partial charge on any atom is -0.482 e. The van der Waals surface area contributed by atoms with Gasteiger partial charge in [-0.3, -0.25) is 4.79 Å². The van der Waals surface area contributed by atoms with E-state index < -0.39 is 5.91 Å². The van der Waals surface area contributed by atoms with Crippen molar-refractivity contribution in [1.29, 1.82) is 5.26 Å². The standard InChI is InChI=1S/C13H15Cl2N3O2/c1-8(17)4-9-5-10(14)6-11(15)13(9)20-7-12(19)18-3-2-16/h5-6,8H,3-4,7,17H2,1H3,(H,18,19). The molecular formula is C13H15Cl2N3O2. The Bertz CT molecular complexity index is 527. The van der Waals surface area contributed by atoms with E-state index >= 15 is 0 Å². The first-order valence-corrected chi connectivity index (χ1v) is 6.69. The van der Waals surface area contributed by atoms with Gasteiger partial charge in [-0.1, -0.05) is 23.2 Å². The van der Waals surface area contributed by atoms with Gasteiger partial charge in [0.2, 0.25) is 0 Å². The van der Waals surface area contributed by atoms with Gasteiger partial charge >= 0.3 is 0 Å². The molecule has 1 aromatic rings. The molecule has 0 aliphatic rings. The second kappa shape index (κ2) is 7.95. The van der Waals surface area contributed by atoms with Gasteiger partial charge in [-0.25, -0.2) is 0 Å². The molecule has 1 aromatic carbocycles. The Morgan fingerprint density at radius 3 is 2.85 bits per heavy atom. The molecule has 7 heteroatoms. The van der Waals surface area contributed by atoms with E-state index in [1.54, 1.807) is 12.1 Å². The Kier molecular flexibility index (Phi) is 6.59. The fraction of sp³-hybridized carbons (Fsp3) is 0.385. The monoisotopic (exact) mass is 315 g/mol. The number of halogens is 2. The van der Waals surface area contributed by atoms with Crippen molar-refractivity contribution in [2.45, 2.75) is 19.4 Å². The minimum absolute atomic E-state index is 0.0662. The van der Waals surface area contributed by atoms with Crippen molar-refractivity contribution in [3.05, 3.63) is 27.7 Å². The molecule has 1 atom stereocenters. The van der Waals surface area contributed by atoms with E-state index in [1.165, 1.54) is 6.07 Å². The molecule has 0 spiro atoms. The maximum atomic E-state index is 11.4. The van der Waals surface area contributed by atoms with Crippen molar-refractivity contribution in [1.82, 2.24) is 5.32 Å². The largest absolute Gasteiger partial charge is 0.482 e. The van der Waals surface area contributed by atoms with Crippen LogP contribution >= 0.6 is 23.2 Å². The fourth-order valence-corrected chi connectivity index (χ4v) is 2.19. The third-order valence-corrected chi connectivity index (χ3v) is 2.84. The lowest BCUT2D eigenvalue weighted by molar-refractivity contribution is -0.122. The number of hydrogen-bond acceptors (Lipinski definition) is 4. The molecule has 108 valence electrons. The molecule has 0 saturated carbocycles. The highest BCUT2D eigenvalue weighted by Crippen LogP contribution is 2.33. The molecule has 0 saturated heterocycles. The lowest BCUT2D eigenvalue weighted by atomic mass is 10.1. The van der Waals surface area contributed by atoms with Crippen LogP contribution in [-0.2, 0) is 11.2 Å². The molecule has 0 bridgehead atoms. The molecule has 3 N–H and O–H groups in total. The number of carbonyl (C=O) groups excluding carboxylic acids is 1. The molecule has 5 nitrogen and oxygen atoms in total. The lowest BCUT2D eigenvalue weighted by Crippen LogP contribution is -2.29. The van der Waals surface area contributed by atoms with Gasteiger partial charge in [0.1, 0.15) is 12.3 Å². The van der Waals surface area contributed by atoms with Crippen molar-refractivity contribution in [2.24, 2.45) is 5.73 Å². The highest BCUT2D eigenvalue weighted by atomic mass is 35.5. The molecular weight excluding hydrogens is 301 g/mol. The van der Waals surface area contributed by atoms with Gasteiger partial charge in [0.05, 0.1) is 11.1 Å². The number of benzene rings is 1. The first kappa shape index (κ1) is 16.6. The van der Waals surface area contributed by atoms with Crippen LogP contribution in [0, 0.1) is 11.3 Å². The Balaban J connectivity index is 2.82. The maximum absolute atomic E-state index is 11.4. The van der Waals surface area contributed by atoms with Crippen molar-refractivity contribution >= 4 is 29.1 Å². The Morgan fingerprint density at radius 1 is 1.55 bits per heavy atom. The topological polar surface area (TPSA) is 88.1 Å². The number of nitrogens with two attached hydrogens (primary N) is 1. The van der Waals surface area contributed by atoms with Crippen LogP contribution in [0.25, 0.3) is 0 Å². The van der Waals surface area contributed by atoms with Crippen LogP contribution in [0.3, 0.4) is 0 Å². The van der Waals surface area contributed by atoms with Crippen molar-refractivity contribution in [2.75, 3.05) is 13.2 Å². The molecule has 0 radical (unpaired) electrons. The van der Waals surface area contributed by atoms with Gasteiger partial charge in [0.25, 0.3) is 5.91 Å². The van der Waals surface area contributed by atoms with Gasteiger partial charge in [-0.05, 0) is 31.0 Å². The van der Waals surface area contributed by atoms with Crippen molar-refractivity contribution < 1.29 is 9.53 Å². The summed E-state index contributed by atoms with van der Waals surface area (Å²) < 4.78 is 5.42. The minimum atomic E-state index is -0.399. The number of amides is 1. The van der Waals surface area contributed by atoms with Gasteiger partial charge in [-0.15, -0.1) is 0 Å². The first-order chi connectivity index (χ1) is 9.43. The summed E-state index contributed by atoms with van der Waals surface area (Å²) in [6, 6.07) is 4.95. The van der Waals surface area contributed by atoms with E-state index in [-0.39, 0.29) is 19.2 Å². The molecule has 20 heavy (non-hydrogen) atoms. The van der Waals surface area contributed by atoms with Crippen LogP contribution in [-0.4, -0.2) is 25.1 Å². The third-order valence-electron chi connectivity index (χ3n) is 2.34. The predicted octanol–water partition coefficient (Wildman–Crippen LogP) is 1.90. The van der Waals surface area contributed by atoms with Crippen LogP contribution < -0.4 is 15.8 Å². The summed E-state index contributed by atoms with van der Waals surface area (Å²) in [5.74, 6) is -0.00946. The summed E-state index contributed by atoms with van der Waals surface area (Å²) in [6.45, 7) is 1.55. The highest BCUT2D eigenvalue weighted by molar-refractivity contribution is 6.35. The highest BCUT2D eigenvalue weighted by Gasteiger charge is 2.13. The van der Waals surface area contributed by atoms with Crippen molar-refractivity contribution in [3.63, 3.8) is 0 Å². The van der Waals surface area contributed by atoms with Crippen LogP contribution in [0.5, 0.6) is 5.75 Å². The van der Waals surface area contributed by atoms with E-state index in [0.29, 0.717) is 22.2 Å². The summed E-state index contributed by atoms with van der Waals surface area (Å²) in [4.78, 5) is 11.4. The van der Waals surface area contributed by atoms with Crippen LogP contribution in [0.2, 0.25) is 10.0 Å². The zero-order valence-corrected chi connectivity index (χ0v) is 12.5. The Labute approximate surface area is 127 Å². The maximum Gasteiger partial charge on any atom is 0.258 e. The number of ether oxygens (including phenoxy) is 1. The Morgan fingerprint density at radius 2 is 2.25 bits per heavy atom. The normalized spacial score (nSPS) is 11.6. The number of nitrogens with zero attached hydrogens (tertiary/aromatic N) is 1. The van der Waals surface area contributed by atoms with E-state index in [0.717, 1.165) is 5.56 Å². The summed E-state index contributed by atoms with van der Waals surface area (Å²) >= 11 is 12.0. The summed E-state index contributed by atoms with van der Waals surface area (Å²) in [7, 11) is 0. The summed E-state index contributed by atoms with van der Waals surface area (Å²) in [6.07, 6.45) is 0.523. The van der Waals surface area contributed by atoms with Gasteiger partial charge in [0, 0.05) is 11.1 Å². The van der Waals surface area contributed by atoms with E-state index in [2.05, 4.69) is 5.32 Å². The molecule has 0 fully saturated rings. The average Bonchev–Trinajstić information content (AvgIpc) is 2.34. The zero-order chi connectivity index (χ0) is 15.1. The number of rotatable bonds is 6. The van der Waals surface area contributed by atoms with Crippen molar-refractivity contribution in [3.8, 4) is 11.8 Å². The molecule has 0 aliphatic carbocycles. The number of nitriles is 1. The molecule has 0 aromatic heterocycles. The molecule has 1 unspecified atom stereocenters. The summed E-state index contributed by atoms with van der Waals surface area (Å²) in [5, 5.41) is 11.5. The summed E-state index contributed by atoms with van der Waals surface area (Å²) in [5.41, 5.74) is 6.50. The van der Waals surface area contributed by atoms with Gasteiger partial charge in [-0.2, -0.15) is 5.26 Å². The quantitative estimate of drug-likeness (QED) is 0.785. The average molecular weight is 316 g/mol. The van der Waals surface area contributed by atoms with Crippen LogP contribution in [0.1, 0.15) is 12.5 Å². The smallest absolute Gasteiger partial charge is 0.258 e. The first-order valence-electron chi connectivity index (χ1n) is 5.94. The molecule has 0 heterocycles. The van der Waals surface area contributed by atoms with Crippen LogP contribution in [0.15, 0.2) is 12.1 Å². The second-order valence-electron chi connectivity index (χ2n) is 4.28. The number of hydrogen-bond donors (Lipinski definition) is 2. The molecule has 1 rings (SSSR count). The predicted molar refractivity (Wildman–Crippen MR) is 77.9 cm³/mol. The molecule has 1 amide bonds. The van der Waals surface area contributed by atoms with Gasteiger partial charge < -0.3 is 15.8 Å². The SMILES string of the molecule is CC(N)Cc1cc(Cl)cc(Cl)c1OCC(=O)NCC#N.